The molecule has 4 aromatic carbocycles. The van der Waals surface area contributed by atoms with Crippen LogP contribution in [0.4, 0.5) is 4.39 Å². The molecule has 0 saturated carbocycles. The maximum absolute atomic E-state index is 14.2. The van der Waals surface area contributed by atoms with E-state index < -0.39 is 0 Å². The minimum atomic E-state index is -0.330. The van der Waals surface area contributed by atoms with Crippen molar-refractivity contribution in [2.24, 2.45) is 4.99 Å². The standard InChI is InChI=1S/C35H26BrFN2O3S/c1-41-29-18-21(17-27(36)33(29)42-20-24-12-6-8-14-28(24)37)19-30-34(40)39-32(23-10-3-2-4-11-23)26-16-15-22-9-5-7-13-25(22)31(26)38-35(39)43-30/h2-14,17-19,32H,15-16,20H2,1H3/b30-19-/t32-/m1/s1. The number of methoxy groups -OCH3 is 1. The average molecular weight is 654 g/mol. The summed E-state index contributed by atoms with van der Waals surface area (Å²) in [6, 6.07) is 28.6. The normalized spacial score (nSPS) is 15.8. The Morgan fingerprint density at radius 1 is 1.02 bits per heavy atom. The Hall–Kier alpha value is -4.27. The molecule has 5 nitrogen and oxygen atoms in total. The fourth-order valence-electron chi connectivity index (χ4n) is 5.84. The van der Waals surface area contributed by atoms with Crippen molar-refractivity contribution in [3.8, 4) is 11.5 Å². The predicted octanol–water partition coefficient (Wildman–Crippen LogP) is 6.81. The summed E-state index contributed by atoms with van der Waals surface area (Å²) < 4.78 is 28.8. The van der Waals surface area contributed by atoms with Crippen LogP contribution >= 0.6 is 27.3 Å². The van der Waals surface area contributed by atoms with E-state index in [1.807, 2.05) is 47.0 Å². The third-order valence-electron chi connectivity index (χ3n) is 7.87. The fraction of sp³-hybridized carbons (Fsp3) is 0.143. The van der Waals surface area contributed by atoms with Crippen molar-refractivity contribution < 1.29 is 13.9 Å². The fourth-order valence-corrected chi connectivity index (χ4v) is 7.41. The Kier molecular flexibility index (Phi) is 7.33. The van der Waals surface area contributed by atoms with Crippen LogP contribution in [0.25, 0.3) is 11.8 Å². The zero-order chi connectivity index (χ0) is 29.5. The van der Waals surface area contributed by atoms with Crippen LogP contribution in [0, 0.1) is 5.82 Å². The highest BCUT2D eigenvalue weighted by Crippen LogP contribution is 2.41. The number of benzene rings is 4. The molecule has 1 aliphatic carbocycles. The van der Waals surface area contributed by atoms with E-state index >= 15 is 0 Å². The first kappa shape index (κ1) is 27.6. The molecule has 7 rings (SSSR count). The number of aryl methyl sites for hydroxylation is 1. The molecule has 1 aliphatic heterocycles. The van der Waals surface area contributed by atoms with Gasteiger partial charge >= 0.3 is 0 Å². The van der Waals surface area contributed by atoms with E-state index in [0.29, 0.717) is 30.9 Å². The first-order valence-corrected chi connectivity index (χ1v) is 15.5. The molecular formula is C35H26BrFN2O3S. The minimum Gasteiger partial charge on any atom is -0.493 e. The summed E-state index contributed by atoms with van der Waals surface area (Å²) >= 11 is 4.98. The lowest BCUT2D eigenvalue weighted by Gasteiger charge is -2.30. The summed E-state index contributed by atoms with van der Waals surface area (Å²) in [5.74, 6) is 0.599. The van der Waals surface area contributed by atoms with Crippen molar-refractivity contribution in [1.82, 2.24) is 4.57 Å². The lowest BCUT2D eigenvalue weighted by Crippen LogP contribution is -2.38. The van der Waals surface area contributed by atoms with Gasteiger partial charge in [-0.15, -0.1) is 0 Å². The molecular weight excluding hydrogens is 627 g/mol. The molecule has 0 N–H and O–H groups in total. The van der Waals surface area contributed by atoms with Crippen molar-refractivity contribution in [2.45, 2.75) is 25.5 Å². The Labute approximate surface area is 260 Å². The van der Waals surface area contributed by atoms with E-state index in [1.165, 1.54) is 28.5 Å². The summed E-state index contributed by atoms with van der Waals surface area (Å²) in [6.45, 7) is 0.0485. The highest BCUT2D eigenvalue weighted by atomic mass is 79.9. The van der Waals surface area contributed by atoms with Gasteiger partial charge in [-0.1, -0.05) is 84.1 Å². The minimum absolute atomic E-state index is 0.0485. The third kappa shape index (κ3) is 5.04. The number of rotatable bonds is 6. The molecule has 43 heavy (non-hydrogen) atoms. The second-order valence-electron chi connectivity index (χ2n) is 10.4. The molecule has 0 fully saturated rings. The van der Waals surface area contributed by atoms with E-state index in [4.69, 9.17) is 14.5 Å². The molecule has 0 radical (unpaired) electrons. The lowest BCUT2D eigenvalue weighted by atomic mass is 9.83. The molecule has 5 aromatic rings. The maximum atomic E-state index is 14.2. The van der Waals surface area contributed by atoms with Gasteiger partial charge in [0, 0.05) is 11.1 Å². The van der Waals surface area contributed by atoms with E-state index in [-0.39, 0.29) is 24.0 Å². The van der Waals surface area contributed by atoms with Gasteiger partial charge in [-0.3, -0.25) is 9.36 Å². The maximum Gasteiger partial charge on any atom is 0.271 e. The number of allylic oxidation sites excluding steroid dienone is 1. The number of ether oxygens (including phenoxy) is 2. The zero-order valence-electron chi connectivity index (χ0n) is 23.2. The number of halogens is 2. The predicted molar refractivity (Wildman–Crippen MR) is 171 cm³/mol. The van der Waals surface area contributed by atoms with E-state index in [9.17, 15) is 9.18 Å². The van der Waals surface area contributed by atoms with Gasteiger partial charge in [0.1, 0.15) is 12.4 Å². The molecule has 214 valence electrons. The van der Waals surface area contributed by atoms with Crippen molar-refractivity contribution in [3.63, 3.8) is 0 Å². The molecule has 0 saturated heterocycles. The SMILES string of the molecule is COc1cc(/C=c2\sc3n(c2=O)[C@H](c2ccccc2)C2=C(N=3)c3ccccc3CC2)cc(Br)c1OCc1ccccc1F. The second-order valence-corrected chi connectivity index (χ2v) is 12.3. The summed E-state index contributed by atoms with van der Waals surface area (Å²) in [5, 5.41) is 0. The number of aromatic nitrogens is 1. The van der Waals surface area contributed by atoms with Gasteiger partial charge in [0.25, 0.3) is 5.56 Å². The van der Waals surface area contributed by atoms with Crippen molar-refractivity contribution in [1.29, 1.82) is 0 Å². The Balaban J connectivity index is 1.32. The summed E-state index contributed by atoms with van der Waals surface area (Å²) in [6.07, 6.45) is 3.62. The molecule has 1 atom stereocenters. The molecule has 8 heteroatoms. The molecule has 0 amide bonds. The monoisotopic (exact) mass is 652 g/mol. The third-order valence-corrected chi connectivity index (χ3v) is 9.44. The highest BCUT2D eigenvalue weighted by molar-refractivity contribution is 9.10. The quantitative estimate of drug-likeness (QED) is 0.203. The zero-order valence-corrected chi connectivity index (χ0v) is 25.6. The number of hydrogen-bond acceptors (Lipinski definition) is 5. The van der Waals surface area contributed by atoms with Gasteiger partial charge in [0.2, 0.25) is 0 Å². The second kappa shape index (κ2) is 11.4. The molecule has 0 bridgehead atoms. The molecule has 2 aliphatic rings. The van der Waals surface area contributed by atoms with Gasteiger partial charge in [0.15, 0.2) is 16.3 Å². The largest absolute Gasteiger partial charge is 0.493 e. The first-order valence-electron chi connectivity index (χ1n) is 13.9. The topological polar surface area (TPSA) is 52.8 Å². The van der Waals surface area contributed by atoms with Crippen LogP contribution in [0.1, 0.15) is 40.3 Å². The average Bonchev–Trinajstić information content (AvgIpc) is 3.34. The highest BCUT2D eigenvalue weighted by Gasteiger charge is 2.32. The van der Waals surface area contributed by atoms with Crippen LogP contribution in [0.3, 0.4) is 0 Å². The van der Waals surface area contributed by atoms with Gasteiger partial charge in [-0.05, 0) is 75.3 Å². The number of nitrogens with zero attached hydrogens (tertiary/aromatic N) is 2. The van der Waals surface area contributed by atoms with E-state index in [1.54, 1.807) is 25.3 Å². The molecule has 2 heterocycles. The van der Waals surface area contributed by atoms with Crippen molar-refractivity contribution in [2.75, 3.05) is 7.11 Å². The van der Waals surface area contributed by atoms with Crippen molar-refractivity contribution >= 4 is 39.0 Å². The van der Waals surface area contributed by atoms with Crippen molar-refractivity contribution in [3.05, 3.63) is 154 Å². The van der Waals surface area contributed by atoms with Crippen LogP contribution in [0.15, 0.2) is 111 Å². The summed E-state index contributed by atoms with van der Waals surface area (Å²) in [4.78, 5) is 19.8. The summed E-state index contributed by atoms with van der Waals surface area (Å²) in [7, 11) is 1.55. The number of hydrogen-bond donors (Lipinski definition) is 0. The van der Waals surface area contributed by atoms with Gasteiger partial charge in [-0.25, -0.2) is 9.38 Å². The van der Waals surface area contributed by atoms with Gasteiger partial charge in [-0.2, -0.15) is 0 Å². The van der Waals surface area contributed by atoms with Gasteiger partial charge < -0.3 is 9.47 Å². The molecule has 0 spiro atoms. The molecule has 1 aromatic heterocycles. The first-order chi connectivity index (χ1) is 21.0. The Bertz CT molecular complexity index is 2080. The van der Waals surface area contributed by atoms with Crippen LogP contribution < -0.4 is 24.4 Å². The lowest BCUT2D eigenvalue weighted by molar-refractivity contribution is 0.278. The van der Waals surface area contributed by atoms with E-state index in [2.05, 4.69) is 46.3 Å². The number of thiazole rings is 1. The number of fused-ring (bicyclic) bond motifs is 3. The van der Waals surface area contributed by atoms with E-state index in [0.717, 1.165) is 35.2 Å². The molecule has 0 unspecified atom stereocenters. The summed E-state index contributed by atoms with van der Waals surface area (Å²) in [5.41, 5.74) is 6.76. The van der Waals surface area contributed by atoms with Crippen LogP contribution in [-0.4, -0.2) is 11.7 Å². The van der Waals surface area contributed by atoms with Crippen LogP contribution in [0.2, 0.25) is 0 Å². The van der Waals surface area contributed by atoms with Crippen LogP contribution in [-0.2, 0) is 13.0 Å². The van der Waals surface area contributed by atoms with Crippen LogP contribution in [0.5, 0.6) is 11.5 Å². The smallest absolute Gasteiger partial charge is 0.271 e. The Morgan fingerprint density at radius 2 is 1.79 bits per heavy atom. The van der Waals surface area contributed by atoms with Gasteiger partial charge in [0.05, 0.1) is 27.9 Å². The Morgan fingerprint density at radius 3 is 2.60 bits per heavy atom.